The minimum absolute atomic E-state index is 0.0467. The molecule has 0 bridgehead atoms. The number of nitrogens with two attached hydrogens (primary N) is 1. The van der Waals surface area contributed by atoms with E-state index in [4.69, 9.17) is 5.73 Å². The molecule has 4 nitrogen and oxygen atoms in total. The summed E-state index contributed by atoms with van der Waals surface area (Å²) < 4.78 is 0. The van der Waals surface area contributed by atoms with Crippen LogP contribution >= 0.6 is 0 Å². The minimum Gasteiger partial charge on any atom is -0.329 e. The number of amides is 1. The maximum Gasteiger partial charge on any atom is 0.231 e. The average molecular weight is 233 g/mol. The number of aromatic nitrogens is 1. The zero-order valence-corrected chi connectivity index (χ0v) is 10.4. The number of pyridine rings is 1. The van der Waals surface area contributed by atoms with Gasteiger partial charge in [0.15, 0.2) is 0 Å². The number of carbonyl (C=O) groups is 1. The van der Waals surface area contributed by atoms with Crippen molar-refractivity contribution in [1.82, 2.24) is 4.98 Å². The van der Waals surface area contributed by atoms with Gasteiger partial charge in [-0.05, 0) is 38.3 Å². The summed E-state index contributed by atoms with van der Waals surface area (Å²) >= 11 is 0. The molecule has 1 aromatic rings. The van der Waals surface area contributed by atoms with Crippen LogP contribution in [0.1, 0.15) is 30.5 Å². The molecule has 0 aliphatic heterocycles. The predicted molar refractivity (Wildman–Crippen MR) is 67.7 cm³/mol. The predicted octanol–water partition coefficient (Wildman–Crippen LogP) is 1.77. The van der Waals surface area contributed by atoms with E-state index in [-0.39, 0.29) is 11.3 Å². The number of carbonyl (C=O) groups excluding carboxylic acids is 1. The van der Waals surface area contributed by atoms with Crippen molar-refractivity contribution in [3.8, 4) is 0 Å². The van der Waals surface area contributed by atoms with Crippen LogP contribution in [0.4, 0.5) is 5.69 Å². The number of hydrogen-bond acceptors (Lipinski definition) is 3. The molecule has 0 spiro atoms. The topological polar surface area (TPSA) is 68.0 Å². The molecule has 0 unspecified atom stereocenters. The van der Waals surface area contributed by atoms with Crippen molar-refractivity contribution in [3.63, 3.8) is 0 Å². The number of hydrogen-bond donors (Lipinski definition) is 2. The maximum atomic E-state index is 12.2. The first-order valence-corrected chi connectivity index (χ1v) is 6.03. The van der Waals surface area contributed by atoms with Crippen LogP contribution < -0.4 is 11.1 Å². The van der Waals surface area contributed by atoms with Crippen molar-refractivity contribution < 1.29 is 4.79 Å². The molecule has 0 saturated heterocycles. The van der Waals surface area contributed by atoms with Gasteiger partial charge >= 0.3 is 0 Å². The SMILES string of the molecule is Cc1ccnc(C)c1NC(=O)C1(CN)CCC1. The van der Waals surface area contributed by atoms with Crippen LogP contribution in [0.3, 0.4) is 0 Å². The van der Waals surface area contributed by atoms with Gasteiger partial charge in [0.1, 0.15) is 0 Å². The molecule has 0 atom stereocenters. The Morgan fingerprint density at radius 3 is 2.71 bits per heavy atom. The first-order chi connectivity index (χ1) is 8.09. The van der Waals surface area contributed by atoms with E-state index in [2.05, 4.69) is 10.3 Å². The first kappa shape index (κ1) is 12.0. The number of nitrogens with zero attached hydrogens (tertiary/aromatic N) is 1. The fourth-order valence-corrected chi connectivity index (χ4v) is 2.26. The van der Waals surface area contributed by atoms with Gasteiger partial charge < -0.3 is 11.1 Å². The second-order valence-corrected chi connectivity index (χ2v) is 4.88. The summed E-state index contributed by atoms with van der Waals surface area (Å²) in [5.41, 5.74) is 8.11. The Morgan fingerprint density at radius 1 is 1.53 bits per heavy atom. The van der Waals surface area contributed by atoms with Crippen molar-refractivity contribution in [2.45, 2.75) is 33.1 Å². The van der Waals surface area contributed by atoms with Crippen molar-refractivity contribution in [3.05, 3.63) is 23.5 Å². The van der Waals surface area contributed by atoms with Crippen LogP contribution in [-0.2, 0) is 4.79 Å². The Balaban J connectivity index is 2.18. The van der Waals surface area contributed by atoms with Gasteiger partial charge in [0.05, 0.1) is 16.8 Å². The van der Waals surface area contributed by atoms with E-state index in [1.54, 1.807) is 6.20 Å². The second-order valence-electron chi connectivity index (χ2n) is 4.88. The Labute approximate surface area is 102 Å². The van der Waals surface area contributed by atoms with Gasteiger partial charge in [0, 0.05) is 12.7 Å². The molecule has 1 amide bonds. The quantitative estimate of drug-likeness (QED) is 0.836. The first-order valence-electron chi connectivity index (χ1n) is 6.03. The van der Waals surface area contributed by atoms with Crippen molar-refractivity contribution >= 4 is 11.6 Å². The van der Waals surface area contributed by atoms with Crippen LogP contribution in [0.25, 0.3) is 0 Å². The fourth-order valence-electron chi connectivity index (χ4n) is 2.26. The molecule has 4 heteroatoms. The summed E-state index contributed by atoms with van der Waals surface area (Å²) in [5, 5.41) is 2.99. The number of rotatable bonds is 3. The van der Waals surface area contributed by atoms with Gasteiger partial charge in [-0.2, -0.15) is 0 Å². The maximum absolute atomic E-state index is 12.2. The lowest BCUT2D eigenvalue weighted by Gasteiger charge is -2.39. The molecule has 2 rings (SSSR count). The summed E-state index contributed by atoms with van der Waals surface area (Å²) in [7, 11) is 0. The van der Waals surface area contributed by atoms with Gasteiger partial charge in [-0.25, -0.2) is 0 Å². The Morgan fingerprint density at radius 2 is 2.24 bits per heavy atom. The van der Waals surface area contributed by atoms with Crippen LogP contribution in [0.15, 0.2) is 12.3 Å². The second kappa shape index (κ2) is 4.45. The number of anilines is 1. The van der Waals surface area contributed by atoms with E-state index in [9.17, 15) is 4.79 Å². The zero-order valence-electron chi connectivity index (χ0n) is 10.4. The molecule has 1 heterocycles. The zero-order chi connectivity index (χ0) is 12.5. The molecule has 1 aliphatic carbocycles. The molecule has 0 radical (unpaired) electrons. The average Bonchev–Trinajstić information content (AvgIpc) is 2.23. The highest BCUT2D eigenvalue weighted by Gasteiger charge is 2.43. The number of aryl methyl sites for hydroxylation is 2. The van der Waals surface area contributed by atoms with Gasteiger partial charge in [0.25, 0.3) is 0 Å². The van der Waals surface area contributed by atoms with Crippen molar-refractivity contribution in [1.29, 1.82) is 0 Å². The van der Waals surface area contributed by atoms with Crippen molar-refractivity contribution in [2.75, 3.05) is 11.9 Å². The smallest absolute Gasteiger partial charge is 0.231 e. The molecule has 92 valence electrons. The Kier molecular flexibility index (Phi) is 3.15. The third kappa shape index (κ3) is 2.05. The van der Waals surface area contributed by atoms with E-state index >= 15 is 0 Å². The summed E-state index contributed by atoms with van der Waals surface area (Å²) in [6, 6.07) is 1.90. The van der Waals surface area contributed by atoms with E-state index in [0.29, 0.717) is 6.54 Å². The monoisotopic (exact) mass is 233 g/mol. The Bertz CT molecular complexity index is 413. The van der Waals surface area contributed by atoms with E-state index < -0.39 is 0 Å². The van der Waals surface area contributed by atoms with Crippen LogP contribution in [0.2, 0.25) is 0 Å². The van der Waals surface area contributed by atoms with Gasteiger partial charge in [-0.1, -0.05) is 6.42 Å². The lowest BCUT2D eigenvalue weighted by atomic mass is 9.68. The van der Waals surface area contributed by atoms with Gasteiger partial charge in [-0.15, -0.1) is 0 Å². The lowest BCUT2D eigenvalue weighted by molar-refractivity contribution is -0.129. The van der Waals surface area contributed by atoms with Crippen LogP contribution in [-0.4, -0.2) is 17.4 Å². The Hall–Kier alpha value is -1.42. The molecule has 3 N–H and O–H groups in total. The minimum atomic E-state index is -0.339. The molecule has 1 saturated carbocycles. The van der Waals surface area contributed by atoms with Gasteiger partial charge in [0.2, 0.25) is 5.91 Å². The molecule has 1 fully saturated rings. The molecule has 0 aromatic carbocycles. The molecular formula is C13H19N3O. The van der Waals surface area contributed by atoms with E-state index in [0.717, 1.165) is 36.2 Å². The molecule has 1 aromatic heterocycles. The summed E-state index contributed by atoms with van der Waals surface area (Å²) in [6.07, 6.45) is 4.64. The highest BCUT2D eigenvalue weighted by atomic mass is 16.2. The summed E-state index contributed by atoms with van der Waals surface area (Å²) in [4.78, 5) is 16.4. The lowest BCUT2D eigenvalue weighted by Crippen LogP contribution is -2.47. The summed E-state index contributed by atoms with van der Waals surface area (Å²) in [5.74, 6) is 0.0467. The molecule has 1 aliphatic rings. The highest BCUT2D eigenvalue weighted by Crippen LogP contribution is 2.41. The fraction of sp³-hybridized carbons (Fsp3) is 0.538. The van der Waals surface area contributed by atoms with E-state index in [1.807, 2.05) is 19.9 Å². The van der Waals surface area contributed by atoms with Crippen LogP contribution in [0.5, 0.6) is 0 Å². The standard InChI is InChI=1S/C13H19N3O/c1-9-4-7-15-10(2)11(9)16-12(17)13(8-14)5-3-6-13/h4,7H,3,5-6,8,14H2,1-2H3,(H,16,17). The number of nitrogens with one attached hydrogen (secondary N) is 1. The van der Waals surface area contributed by atoms with Gasteiger partial charge in [-0.3, -0.25) is 9.78 Å². The molecular weight excluding hydrogens is 214 g/mol. The van der Waals surface area contributed by atoms with Crippen LogP contribution in [0, 0.1) is 19.3 Å². The van der Waals surface area contributed by atoms with E-state index in [1.165, 1.54) is 0 Å². The third-order valence-corrected chi connectivity index (χ3v) is 3.77. The molecule has 17 heavy (non-hydrogen) atoms. The largest absolute Gasteiger partial charge is 0.329 e. The van der Waals surface area contributed by atoms with Crippen molar-refractivity contribution in [2.24, 2.45) is 11.1 Å². The third-order valence-electron chi connectivity index (χ3n) is 3.77. The summed E-state index contributed by atoms with van der Waals surface area (Å²) in [6.45, 7) is 4.30. The highest BCUT2D eigenvalue weighted by molar-refractivity contribution is 5.97. The normalized spacial score (nSPS) is 17.4.